The lowest BCUT2D eigenvalue weighted by Gasteiger charge is -2.15. The molecule has 0 spiro atoms. The maximum atomic E-state index is 5.80. The SMILES string of the molecule is c1cn(CCNC(=NCCCOCC2CC2)Nc2ccc3c(c2)OCCCO3)cn1. The molecule has 1 aromatic heterocycles. The first-order chi connectivity index (χ1) is 14.9. The van der Waals surface area contributed by atoms with Crippen LogP contribution < -0.4 is 20.1 Å². The number of nitrogens with zero attached hydrogens (tertiary/aromatic N) is 3. The quantitative estimate of drug-likeness (QED) is 0.354. The number of aliphatic imine (C=N–C) groups is 1. The number of rotatable bonds is 10. The minimum Gasteiger partial charge on any atom is -0.490 e. The van der Waals surface area contributed by atoms with Gasteiger partial charge in [-0.15, -0.1) is 0 Å². The van der Waals surface area contributed by atoms with Crippen LogP contribution in [0.3, 0.4) is 0 Å². The summed E-state index contributed by atoms with van der Waals surface area (Å²) in [6.07, 6.45) is 9.99. The number of guanidine groups is 1. The molecule has 2 heterocycles. The van der Waals surface area contributed by atoms with E-state index in [2.05, 4.69) is 15.6 Å². The minimum absolute atomic E-state index is 0.668. The van der Waals surface area contributed by atoms with Gasteiger partial charge in [-0.25, -0.2) is 4.98 Å². The molecule has 1 saturated carbocycles. The summed E-state index contributed by atoms with van der Waals surface area (Å²) in [6.45, 7) is 5.26. The highest BCUT2D eigenvalue weighted by Crippen LogP contribution is 2.32. The van der Waals surface area contributed by atoms with Gasteiger partial charge in [-0.2, -0.15) is 0 Å². The summed E-state index contributed by atoms with van der Waals surface area (Å²) in [6, 6.07) is 5.89. The normalized spacial score (nSPS) is 16.2. The highest BCUT2D eigenvalue weighted by atomic mass is 16.5. The molecule has 30 heavy (non-hydrogen) atoms. The third kappa shape index (κ3) is 6.66. The molecule has 2 N–H and O–H groups in total. The highest BCUT2D eigenvalue weighted by molar-refractivity contribution is 5.93. The van der Waals surface area contributed by atoms with E-state index in [9.17, 15) is 0 Å². The Bertz CT molecular complexity index is 805. The van der Waals surface area contributed by atoms with E-state index in [4.69, 9.17) is 19.2 Å². The Balaban J connectivity index is 1.31. The lowest BCUT2D eigenvalue weighted by Crippen LogP contribution is -2.33. The Kier molecular flexibility index (Phi) is 7.44. The van der Waals surface area contributed by atoms with Gasteiger partial charge >= 0.3 is 0 Å². The first-order valence-corrected chi connectivity index (χ1v) is 10.9. The van der Waals surface area contributed by atoms with E-state index < -0.39 is 0 Å². The van der Waals surface area contributed by atoms with E-state index in [1.807, 2.05) is 35.3 Å². The fourth-order valence-corrected chi connectivity index (χ4v) is 3.13. The van der Waals surface area contributed by atoms with Crippen LogP contribution in [0.4, 0.5) is 5.69 Å². The topological polar surface area (TPSA) is 81.9 Å². The second kappa shape index (κ2) is 10.9. The van der Waals surface area contributed by atoms with Gasteiger partial charge in [0.1, 0.15) is 0 Å². The van der Waals surface area contributed by atoms with Crippen molar-refractivity contribution in [1.82, 2.24) is 14.9 Å². The largest absolute Gasteiger partial charge is 0.490 e. The van der Waals surface area contributed by atoms with E-state index in [0.29, 0.717) is 19.8 Å². The first kappa shape index (κ1) is 20.5. The zero-order chi connectivity index (χ0) is 20.4. The predicted molar refractivity (Wildman–Crippen MR) is 116 cm³/mol. The second-order valence-corrected chi connectivity index (χ2v) is 7.67. The van der Waals surface area contributed by atoms with Crippen LogP contribution in [-0.4, -0.2) is 55.0 Å². The molecule has 8 nitrogen and oxygen atoms in total. The van der Waals surface area contributed by atoms with Crippen LogP contribution in [0.15, 0.2) is 41.9 Å². The number of fused-ring (bicyclic) bond motifs is 1. The number of anilines is 1. The van der Waals surface area contributed by atoms with Crippen molar-refractivity contribution in [3.05, 3.63) is 36.9 Å². The van der Waals surface area contributed by atoms with E-state index in [0.717, 1.165) is 68.2 Å². The van der Waals surface area contributed by atoms with Crippen molar-refractivity contribution in [1.29, 1.82) is 0 Å². The standard InChI is InChI=1S/C22H31N5O3/c1(12-28-16-18-3-4-18)7-24-22(25-9-11-27-10-8-23-17-27)26-19-5-6-20-21(15-19)30-14-2-13-29-20/h5-6,8,10,15,17-18H,1-4,7,9,11-14,16H2,(H2,24,25,26). The Morgan fingerprint density at radius 2 is 2.13 bits per heavy atom. The Hall–Kier alpha value is -2.74. The fraction of sp³-hybridized carbons (Fsp3) is 0.545. The van der Waals surface area contributed by atoms with E-state index >= 15 is 0 Å². The molecule has 4 rings (SSSR count). The maximum absolute atomic E-state index is 5.80. The zero-order valence-corrected chi connectivity index (χ0v) is 17.4. The number of imidazole rings is 1. The molecule has 1 aliphatic carbocycles. The molecule has 0 amide bonds. The van der Waals surface area contributed by atoms with Crippen molar-refractivity contribution in [3.63, 3.8) is 0 Å². The summed E-state index contributed by atoms with van der Waals surface area (Å²) in [7, 11) is 0. The summed E-state index contributed by atoms with van der Waals surface area (Å²) in [4.78, 5) is 8.80. The number of hydrogen-bond donors (Lipinski definition) is 2. The number of aromatic nitrogens is 2. The lowest BCUT2D eigenvalue weighted by molar-refractivity contribution is 0.123. The van der Waals surface area contributed by atoms with Crippen molar-refractivity contribution in [2.45, 2.75) is 32.2 Å². The molecule has 1 aliphatic heterocycles. The molecule has 0 atom stereocenters. The van der Waals surface area contributed by atoms with Gasteiger partial charge in [-0.05, 0) is 37.3 Å². The molecule has 0 unspecified atom stereocenters. The molecule has 1 fully saturated rings. The molecular weight excluding hydrogens is 382 g/mol. The minimum atomic E-state index is 0.668. The van der Waals surface area contributed by atoms with Crippen LogP contribution in [0, 0.1) is 5.92 Å². The number of benzene rings is 1. The zero-order valence-electron chi connectivity index (χ0n) is 17.4. The van der Waals surface area contributed by atoms with E-state index in [1.165, 1.54) is 12.8 Å². The van der Waals surface area contributed by atoms with E-state index in [-0.39, 0.29) is 0 Å². The van der Waals surface area contributed by atoms with Crippen LogP contribution in [0.1, 0.15) is 25.7 Å². The molecule has 8 heteroatoms. The molecule has 0 bridgehead atoms. The van der Waals surface area contributed by atoms with Crippen molar-refractivity contribution in [3.8, 4) is 11.5 Å². The molecule has 0 saturated heterocycles. The Morgan fingerprint density at radius 1 is 1.23 bits per heavy atom. The Morgan fingerprint density at radius 3 is 2.97 bits per heavy atom. The predicted octanol–water partition coefficient (Wildman–Crippen LogP) is 2.92. The summed E-state index contributed by atoms with van der Waals surface area (Å²) in [5.74, 6) is 3.10. The molecule has 1 aromatic carbocycles. The van der Waals surface area contributed by atoms with Gasteiger partial charge < -0.3 is 29.4 Å². The van der Waals surface area contributed by atoms with E-state index in [1.54, 1.807) is 6.20 Å². The van der Waals surface area contributed by atoms with Gasteiger partial charge in [0.15, 0.2) is 17.5 Å². The number of ether oxygens (including phenoxy) is 3. The van der Waals surface area contributed by atoms with Crippen LogP contribution in [0.5, 0.6) is 11.5 Å². The second-order valence-electron chi connectivity index (χ2n) is 7.67. The smallest absolute Gasteiger partial charge is 0.195 e. The average Bonchev–Trinajstić information content (AvgIpc) is 3.49. The lowest BCUT2D eigenvalue weighted by atomic mass is 10.2. The fourth-order valence-electron chi connectivity index (χ4n) is 3.13. The molecule has 0 radical (unpaired) electrons. The maximum Gasteiger partial charge on any atom is 0.195 e. The van der Waals surface area contributed by atoms with Crippen molar-refractivity contribution in [2.24, 2.45) is 10.9 Å². The highest BCUT2D eigenvalue weighted by Gasteiger charge is 2.20. The third-order valence-corrected chi connectivity index (χ3v) is 5.00. The van der Waals surface area contributed by atoms with Crippen LogP contribution in [-0.2, 0) is 11.3 Å². The van der Waals surface area contributed by atoms with Gasteiger partial charge in [0.05, 0.1) is 19.5 Å². The van der Waals surface area contributed by atoms with Gasteiger partial charge in [-0.3, -0.25) is 4.99 Å². The summed E-state index contributed by atoms with van der Waals surface area (Å²) >= 11 is 0. The third-order valence-electron chi connectivity index (χ3n) is 5.00. The summed E-state index contributed by atoms with van der Waals surface area (Å²) in [5.41, 5.74) is 0.915. The summed E-state index contributed by atoms with van der Waals surface area (Å²) in [5, 5.41) is 6.78. The Labute approximate surface area is 177 Å². The van der Waals surface area contributed by atoms with Crippen molar-refractivity contribution >= 4 is 11.6 Å². The number of nitrogens with one attached hydrogen (secondary N) is 2. The van der Waals surface area contributed by atoms with Crippen LogP contribution >= 0.6 is 0 Å². The molecule has 2 aliphatic rings. The van der Waals surface area contributed by atoms with Gasteiger partial charge in [-0.1, -0.05) is 0 Å². The summed E-state index contributed by atoms with van der Waals surface area (Å²) < 4.78 is 19.3. The van der Waals surface area contributed by atoms with Crippen LogP contribution in [0.2, 0.25) is 0 Å². The van der Waals surface area contributed by atoms with Gasteiger partial charge in [0.25, 0.3) is 0 Å². The monoisotopic (exact) mass is 413 g/mol. The van der Waals surface area contributed by atoms with Crippen molar-refractivity contribution in [2.75, 3.05) is 44.8 Å². The average molecular weight is 414 g/mol. The number of hydrogen-bond acceptors (Lipinski definition) is 5. The molecular formula is C22H31N5O3. The van der Waals surface area contributed by atoms with Crippen molar-refractivity contribution < 1.29 is 14.2 Å². The van der Waals surface area contributed by atoms with Crippen LogP contribution in [0.25, 0.3) is 0 Å². The molecule has 162 valence electrons. The first-order valence-electron chi connectivity index (χ1n) is 10.9. The molecule has 2 aromatic rings. The van der Waals surface area contributed by atoms with Gasteiger partial charge in [0, 0.05) is 63.4 Å². The van der Waals surface area contributed by atoms with Gasteiger partial charge in [0.2, 0.25) is 0 Å².